The zero-order valence-electron chi connectivity index (χ0n) is 17.5. The highest BCUT2D eigenvalue weighted by molar-refractivity contribution is 5.99. The molecule has 2 amide bonds. The van der Waals surface area contributed by atoms with Gasteiger partial charge in [-0.15, -0.1) is 0 Å². The number of halogens is 1. The van der Waals surface area contributed by atoms with E-state index in [9.17, 15) is 14.0 Å². The van der Waals surface area contributed by atoms with Gasteiger partial charge >= 0.3 is 0 Å². The van der Waals surface area contributed by atoms with Gasteiger partial charge in [0.2, 0.25) is 0 Å². The maximum absolute atomic E-state index is 13.0. The molecule has 160 valence electrons. The summed E-state index contributed by atoms with van der Waals surface area (Å²) in [5.74, 6) is -0.613. The maximum atomic E-state index is 13.0. The highest BCUT2D eigenvalue weighted by Crippen LogP contribution is 2.24. The maximum Gasteiger partial charge on any atom is 0.253 e. The number of carbonyl (C=O) groups is 2. The van der Waals surface area contributed by atoms with Crippen LogP contribution in [0.25, 0.3) is 0 Å². The summed E-state index contributed by atoms with van der Waals surface area (Å²) in [6, 6.07) is 13.3. The van der Waals surface area contributed by atoms with Crippen molar-refractivity contribution < 1.29 is 14.0 Å². The molecule has 2 N–H and O–H groups in total. The number of carbonyl (C=O) groups excluding carboxylic acids is 2. The SMILES string of the molecule is CN(C)CCNC(=O)c1ccccc1N1CCC(NC(=O)c2ccc(F)cc2)CC1. The number of hydrogen-bond donors (Lipinski definition) is 2. The van der Waals surface area contributed by atoms with Crippen LogP contribution in [0.3, 0.4) is 0 Å². The molecule has 0 aromatic heterocycles. The van der Waals surface area contributed by atoms with E-state index in [1.807, 2.05) is 43.3 Å². The van der Waals surface area contributed by atoms with Crippen molar-refractivity contribution in [1.29, 1.82) is 0 Å². The first-order chi connectivity index (χ1) is 14.4. The van der Waals surface area contributed by atoms with Gasteiger partial charge in [-0.2, -0.15) is 0 Å². The lowest BCUT2D eigenvalue weighted by atomic mass is 10.0. The average molecular weight is 413 g/mol. The molecule has 7 heteroatoms. The lowest BCUT2D eigenvalue weighted by molar-refractivity contribution is 0.0929. The van der Waals surface area contributed by atoms with E-state index < -0.39 is 0 Å². The van der Waals surface area contributed by atoms with Crippen molar-refractivity contribution >= 4 is 17.5 Å². The first-order valence-electron chi connectivity index (χ1n) is 10.3. The van der Waals surface area contributed by atoms with Gasteiger partial charge in [-0.05, 0) is 63.3 Å². The van der Waals surface area contributed by atoms with Gasteiger partial charge in [-0.25, -0.2) is 4.39 Å². The number of nitrogens with zero attached hydrogens (tertiary/aromatic N) is 2. The molecule has 0 aliphatic carbocycles. The number of piperidine rings is 1. The van der Waals surface area contributed by atoms with E-state index >= 15 is 0 Å². The molecule has 1 saturated heterocycles. The Labute approximate surface area is 177 Å². The molecular weight excluding hydrogens is 383 g/mol. The summed E-state index contributed by atoms with van der Waals surface area (Å²) in [4.78, 5) is 29.2. The van der Waals surface area contributed by atoms with E-state index in [0.717, 1.165) is 38.2 Å². The van der Waals surface area contributed by atoms with E-state index in [1.165, 1.54) is 24.3 Å². The third-order valence-corrected chi connectivity index (χ3v) is 5.27. The highest BCUT2D eigenvalue weighted by Gasteiger charge is 2.24. The fraction of sp³-hybridized carbons (Fsp3) is 0.391. The first kappa shape index (κ1) is 21.8. The van der Waals surface area contributed by atoms with Crippen molar-refractivity contribution in [3.63, 3.8) is 0 Å². The van der Waals surface area contributed by atoms with Crippen LogP contribution in [0.4, 0.5) is 10.1 Å². The third-order valence-electron chi connectivity index (χ3n) is 5.27. The number of amides is 2. The van der Waals surface area contributed by atoms with Crippen LogP contribution in [0.5, 0.6) is 0 Å². The Balaban J connectivity index is 1.56. The summed E-state index contributed by atoms with van der Waals surface area (Å²) in [7, 11) is 3.94. The van der Waals surface area contributed by atoms with Gasteiger partial charge < -0.3 is 20.4 Å². The van der Waals surface area contributed by atoms with E-state index in [2.05, 4.69) is 15.5 Å². The van der Waals surface area contributed by atoms with Crippen LogP contribution in [0, 0.1) is 5.82 Å². The van der Waals surface area contributed by atoms with Gasteiger partial charge in [0.05, 0.1) is 5.56 Å². The second kappa shape index (κ2) is 10.2. The van der Waals surface area contributed by atoms with Crippen molar-refractivity contribution in [3.05, 3.63) is 65.5 Å². The smallest absolute Gasteiger partial charge is 0.253 e. The number of para-hydroxylation sites is 1. The topological polar surface area (TPSA) is 64.7 Å². The second-order valence-electron chi connectivity index (χ2n) is 7.82. The summed E-state index contributed by atoms with van der Waals surface area (Å²) in [6.45, 7) is 2.87. The predicted molar refractivity (Wildman–Crippen MR) is 116 cm³/mol. The summed E-state index contributed by atoms with van der Waals surface area (Å²) >= 11 is 0. The zero-order chi connectivity index (χ0) is 21.5. The van der Waals surface area contributed by atoms with E-state index in [0.29, 0.717) is 17.7 Å². The zero-order valence-corrected chi connectivity index (χ0v) is 17.5. The average Bonchev–Trinajstić information content (AvgIpc) is 2.74. The molecule has 1 heterocycles. The van der Waals surface area contributed by atoms with Crippen molar-refractivity contribution in [2.24, 2.45) is 0 Å². The van der Waals surface area contributed by atoms with Crippen LogP contribution in [0.1, 0.15) is 33.6 Å². The lowest BCUT2D eigenvalue weighted by Crippen LogP contribution is -2.45. The normalized spacial score (nSPS) is 14.6. The molecule has 0 atom stereocenters. The molecule has 2 aromatic rings. The molecule has 0 bridgehead atoms. The molecule has 6 nitrogen and oxygen atoms in total. The van der Waals surface area contributed by atoms with Gasteiger partial charge in [-0.1, -0.05) is 12.1 Å². The second-order valence-corrected chi connectivity index (χ2v) is 7.82. The number of benzene rings is 2. The molecule has 0 saturated carbocycles. The number of rotatable bonds is 7. The molecule has 1 aliphatic heterocycles. The molecule has 0 spiro atoms. The summed E-state index contributed by atoms with van der Waals surface area (Å²) in [6.07, 6.45) is 1.56. The summed E-state index contributed by atoms with van der Waals surface area (Å²) in [5, 5.41) is 6.01. The molecule has 0 unspecified atom stereocenters. The van der Waals surface area contributed by atoms with Gasteiger partial charge in [0.25, 0.3) is 11.8 Å². The van der Waals surface area contributed by atoms with Crippen LogP contribution in [-0.2, 0) is 0 Å². The molecule has 2 aromatic carbocycles. The standard InChI is InChI=1S/C23H29FN4O2/c1-27(2)16-13-25-23(30)20-5-3-4-6-21(20)28-14-11-19(12-15-28)26-22(29)17-7-9-18(24)10-8-17/h3-10,19H,11-16H2,1-2H3,(H,25,30)(H,26,29). The minimum atomic E-state index is -0.357. The monoisotopic (exact) mass is 412 g/mol. The van der Waals surface area contributed by atoms with E-state index in [1.54, 1.807) is 0 Å². The lowest BCUT2D eigenvalue weighted by Gasteiger charge is -2.35. The van der Waals surface area contributed by atoms with Gasteiger partial charge in [-0.3, -0.25) is 9.59 Å². The van der Waals surface area contributed by atoms with Crippen LogP contribution in [0.2, 0.25) is 0 Å². The van der Waals surface area contributed by atoms with Crippen molar-refractivity contribution in [2.75, 3.05) is 45.2 Å². The fourth-order valence-electron chi connectivity index (χ4n) is 3.56. The quantitative estimate of drug-likeness (QED) is 0.734. The Bertz CT molecular complexity index is 862. The van der Waals surface area contributed by atoms with E-state index in [-0.39, 0.29) is 23.7 Å². The number of hydrogen-bond acceptors (Lipinski definition) is 4. The number of likely N-dealkylation sites (N-methyl/N-ethyl adjacent to an activating group) is 1. The Morgan fingerprint density at radius 1 is 1.03 bits per heavy atom. The Hall–Kier alpha value is -2.93. The Morgan fingerprint density at radius 2 is 1.70 bits per heavy atom. The molecule has 30 heavy (non-hydrogen) atoms. The van der Waals surface area contributed by atoms with Crippen LogP contribution >= 0.6 is 0 Å². The molecule has 1 aliphatic rings. The Kier molecular flexibility index (Phi) is 7.41. The molecule has 1 fully saturated rings. The van der Waals surface area contributed by atoms with Crippen molar-refractivity contribution in [3.8, 4) is 0 Å². The van der Waals surface area contributed by atoms with Crippen LogP contribution < -0.4 is 15.5 Å². The number of anilines is 1. The number of nitrogens with one attached hydrogen (secondary N) is 2. The van der Waals surface area contributed by atoms with Crippen LogP contribution in [0.15, 0.2) is 48.5 Å². The van der Waals surface area contributed by atoms with E-state index in [4.69, 9.17) is 0 Å². The van der Waals surface area contributed by atoms with Gasteiger partial charge in [0, 0.05) is 43.5 Å². The predicted octanol–water partition coefficient (Wildman–Crippen LogP) is 2.52. The first-order valence-corrected chi connectivity index (χ1v) is 10.3. The largest absolute Gasteiger partial charge is 0.371 e. The third kappa shape index (κ3) is 5.79. The highest BCUT2D eigenvalue weighted by atomic mass is 19.1. The molecular formula is C23H29FN4O2. The van der Waals surface area contributed by atoms with Crippen molar-refractivity contribution in [1.82, 2.24) is 15.5 Å². The fourth-order valence-corrected chi connectivity index (χ4v) is 3.56. The molecule has 0 radical (unpaired) electrons. The summed E-state index contributed by atoms with van der Waals surface area (Å²) in [5.41, 5.74) is 2.05. The van der Waals surface area contributed by atoms with Crippen LogP contribution in [-0.4, -0.2) is 63.0 Å². The minimum absolute atomic E-state index is 0.0554. The van der Waals surface area contributed by atoms with Gasteiger partial charge in [0.1, 0.15) is 5.82 Å². The van der Waals surface area contributed by atoms with Crippen molar-refractivity contribution in [2.45, 2.75) is 18.9 Å². The summed E-state index contributed by atoms with van der Waals surface area (Å²) < 4.78 is 13.0. The van der Waals surface area contributed by atoms with Gasteiger partial charge in [0.15, 0.2) is 0 Å². The minimum Gasteiger partial charge on any atom is -0.371 e. The Morgan fingerprint density at radius 3 is 2.37 bits per heavy atom. The molecule has 3 rings (SSSR count).